The van der Waals surface area contributed by atoms with Crippen LogP contribution in [0.1, 0.15) is 11.8 Å². The second-order valence-electron chi connectivity index (χ2n) is 6.69. The van der Waals surface area contributed by atoms with E-state index < -0.39 is 0 Å². The Bertz CT molecular complexity index is 697. The van der Waals surface area contributed by atoms with Crippen molar-refractivity contribution < 1.29 is 14.4 Å². The summed E-state index contributed by atoms with van der Waals surface area (Å²) in [5.41, 5.74) is 1.19. The summed E-state index contributed by atoms with van der Waals surface area (Å²) in [5, 5.41) is 5.17. The molecule has 2 N–H and O–H groups in total. The van der Waals surface area contributed by atoms with Gasteiger partial charge >= 0.3 is 0 Å². The Morgan fingerprint density at radius 1 is 1.31 bits per heavy atom. The number of benzene rings is 1. The molecule has 1 aromatic heterocycles. The lowest BCUT2D eigenvalue weighted by molar-refractivity contribution is -0.914. The first-order valence-corrected chi connectivity index (χ1v) is 10.1. The number of piperazine rings is 1. The molecule has 2 aromatic rings. The molecule has 0 aliphatic carbocycles. The molecule has 1 aromatic carbocycles. The fourth-order valence-electron chi connectivity index (χ4n) is 3.39. The van der Waals surface area contributed by atoms with E-state index >= 15 is 0 Å². The van der Waals surface area contributed by atoms with Crippen LogP contribution in [0.15, 0.2) is 41.8 Å². The van der Waals surface area contributed by atoms with Gasteiger partial charge in [-0.25, -0.2) is 0 Å². The SMILES string of the molecule is COc1cccc(N2CC[NH+]([C@H](C)C(=O)NCCc3cccs3)CC2)c1. The molecule has 5 nitrogen and oxygen atoms in total. The average Bonchev–Trinajstić information content (AvgIpc) is 3.21. The third kappa shape index (κ3) is 4.77. The lowest BCUT2D eigenvalue weighted by Gasteiger charge is -2.36. The maximum atomic E-state index is 12.4. The van der Waals surface area contributed by atoms with Gasteiger partial charge in [0.2, 0.25) is 0 Å². The molecule has 1 atom stereocenters. The molecule has 0 spiro atoms. The Kier molecular flexibility index (Phi) is 6.52. The molecule has 1 aliphatic heterocycles. The molecule has 1 fully saturated rings. The van der Waals surface area contributed by atoms with Crippen LogP contribution in [0.2, 0.25) is 0 Å². The molecular formula is C20H28N3O2S+. The number of quaternary nitrogens is 1. The zero-order valence-electron chi connectivity index (χ0n) is 15.5. The molecule has 0 unspecified atom stereocenters. The highest BCUT2D eigenvalue weighted by Crippen LogP contribution is 2.20. The quantitative estimate of drug-likeness (QED) is 0.766. The summed E-state index contributed by atoms with van der Waals surface area (Å²) in [6.45, 7) is 6.60. The molecular weight excluding hydrogens is 346 g/mol. The van der Waals surface area contributed by atoms with Gasteiger partial charge in [-0.3, -0.25) is 4.79 Å². The lowest BCUT2D eigenvalue weighted by Crippen LogP contribution is -3.19. The molecule has 140 valence electrons. The van der Waals surface area contributed by atoms with Gasteiger partial charge in [-0.1, -0.05) is 12.1 Å². The molecule has 3 rings (SSSR count). The molecule has 1 saturated heterocycles. The van der Waals surface area contributed by atoms with Gasteiger partial charge in [-0.2, -0.15) is 0 Å². The highest BCUT2D eigenvalue weighted by atomic mass is 32.1. The zero-order valence-corrected chi connectivity index (χ0v) is 16.3. The number of methoxy groups -OCH3 is 1. The highest BCUT2D eigenvalue weighted by molar-refractivity contribution is 7.09. The largest absolute Gasteiger partial charge is 0.497 e. The van der Waals surface area contributed by atoms with Gasteiger partial charge < -0.3 is 19.9 Å². The maximum Gasteiger partial charge on any atom is 0.278 e. The van der Waals surface area contributed by atoms with E-state index in [0.29, 0.717) is 6.54 Å². The highest BCUT2D eigenvalue weighted by Gasteiger charge is 2.29. The Hall–Kier alpha value is -2.05. The van der Waals surface area contributed by atoms with Gasteiger partial charge in [0.15, 0.2) is 6.04 Å². The summed E-state index contributed by atoms with van der Waals surface area (Å²) in [6.07, 6.45) is 0.912. The number of anilines is 1. The predicted molar refractivity (Wildman–Crippen MR) is 106 cm³/mol. The van der Waals surface area contributed by atoms with Crippen molar-refractivity contribution in [2.24, 2.45) is 0 Å². The van der Waals surface area contributed by atoms with Crippen molar-refractivity contribution in [1.29, 1.82) is 0 Å². The fourth-order valence-corrected chi connectivity index (χ4v) is 4.10. The van der Waals surface area contributed by atoms with Gasteiger partial charge in [-0.15, -0.1) is 11.3 Å². The zero-order chi connectivity index (χ0) is 18.4. The molecule has 0 bridgehead atoms. The van der Waals surface area contributed by atoms with Crippen LogP contribution in [-0.4, -0.2) is 51.8 Å². The van der Waals surface area contributed by atoms with E-state index in [4.69, 9.17) is 4.74 Å². The van der Waals surface area contributed by atoms with Crippen molar-refractivity contribution in [3.8, 4) is 5.75 Å². The van der Waals surface area contributed by atoms with Crippen molar-refractivity contribution in [3.63, 3.8) is 0 Å². The molecule has 6 heteroatoms. The number of thiophene rings is 1. The summed E-state index contributed by atoms with van der Waals surface area (Å²) in [6, 6.07) is 12.3. The van der Waals surface area contributed by atoms with E-state index in [2.05, 4.69) is 39.9 Å². The van der Waals surface area contributed by atoms with Crippen LogP contribution in [0.3, 0.4) is 0 Å². The van der Waals surface area contributed by atoms with Crippen molar-refractivity contribution in [3.05, 3.63) is 46.7 Å². The van der Waals surface area contributed by atoms with Gasteiger partial charge in [0, 0.05) is 23.2 Å². The van der Waals surface area contributed by atoms with E-state index in [1.807, 2.05) is 19.1 Å². The predicted octanol–water partition coefficient (Wildman–Crippen LogP) is 1.21. The first-order valence-electron chi connectivity index (χ1n) is 9.21. The number of carbonyl (C=O) groups excluding carboxylic acids is 1. The second-order valence-corrected chi connectivity index (χ2v) is 7.72. The van der Waals surface area contributed by atoms with Crippen LogP contribution >= 0.6 is 11.3 Å². The fraction of sp³-hybridized carbons (Fsp3) is 0.450. The summed E-state index contributed by atoms with van der Waals surface area (Å²) in [7, 11) is 1.69. The van der Waals surface area contributed by atoms with Crippen molar-refractivity contribution >= 4 is 22.9 Å². The maximum absolute atomic E-state index is 12.4. The molecule has 26 heavy (non-hydrogen) atoms. The normalized spacial score (nSPS) is 16.3. The van der Waals surface area contributed by atoms with E-state index in [9.17, 15) is 4.79 Å². The smallest absolute Gasteiger partial charge is 0.278 e. The van der Waals surface area contributed by atoms with Gasteiger partial charge in [0.25, 0.3) is 5.91 Å². The second kappa shape index (κ2) is 9.05. The molecule has 0 saturated carbocycles. The number of rotatable bonds is 7. The van der Waals surface area contributed by atoms with Gasteiger partial charge in [0.1, 0.15) is 5.75 Å². The molecule has 2 heterocycles. The number of ether oxygens (including phenoxy) is 1. The molecule has 0 radical (unpaired) electrons. The van der Waals surface area contributed by atoms with Crippen molar-refractivity contribution in [2.75, 3.05) is 44.7 Å². The number of hydrogen-bond donors (Lipinski definition) is 2. The standard InChI is InChI=1S/C20H27N3O2S/c1-16(20(24)21-9-8-19-7-4-14-26-19)22-10-12-23(13-11-22)17-5-3-6-18(15-17)25-2/h3-7,14-16H,8-13H2,1-2H3,(H,21,24)/p+1/t16-/m1/s1. The minimum atomic E-state index is -0.00852. The Morgan fingerprint density at radius 3 is 2.81 bits per heavy atom. The third-order valence-corrected chi connectivity index (χ3v) is 6.02. The van der Waals surface area contributed by atoms with Crippen LogP contribution in [0.4, 0.5) is 5.69 Å². The van der Waals surface area contributed by atoms with Crippen LogP contribution in [0, 0.1) is 0 Å². The minimum absolute atomic E-state index is 0.00852. The Balaban J connectivity index is 1.45. The van der Waals surface area contributed by atoms with E-state index in [1.165, 1.54) is 15.5 Å². The molecule has 1 aliphatic rings. The van der Waals surface area contributed by atoms with E-state index in [0.717, 1.165) is 38.3 Å². The van der Waals surface area contributed by atoms with Gasteiger partial charge in [0.05, 0.1) is 33.3 Å². The Morgan fingerprint density at radius 2 is 2.12 bits per heavy atom. The number of nitrogens with one attached hydrogen (secondary N) is 2. The summed E-state index contributed by atoms with van der Waals surface area (Å²) < 4.78 is 5.32. The van der Waals surface area contributed by atoms with E-state index in [1.54, 1.807) is 18.4 Å². The van der Waals surface area contributed by atoms with Crippen molar-refractivity contribution in [2.45, 2.75) is 19.4 Å². The van der Waals surface area contributed by atoms with E-state index in [-0.39, 0.29) is 11.9 Å². The Labute approximate surface area is 159 Å². The number of amides is 1. The summed E-state index contributed by atoms with van der Waals surface area (Å²) in [4.78, 5) is 17.5. The summed E-state index contributed by atoms with van der Waals surface area (Å²) >= 11 is 1.74. The summed E-state index contributed by atoms with van der Waals surface area (Å²) in [5.74, 6) is 1.04. The monoisotopic (exact) mass is 374 g/mol. The van der Waals surface area contributed by atoms with Crippen LogP contribution < -0.4 is 19.9 Å². The number of hydrogen-bond acceptors (Lipinski definition) is 4. The van der Waals surface area contributed by atoms with Crippen LogP contribution in [-0.2, 0) is 11.2 Å². The lowest BCUT2D eigenvalue weighted by atomic mass is 10.2. The number of carbonyl (C=O) groups is 1. The number of nitrogens with zero attached hydrogens (tertiary/aromatic N) is 1. The van der Waals surface area contributed by atoms with Crippen LogP contribution in [0.5, 0.6) is 5.75 Å². The topological polar surface area (TPSA) is 46.0 Å². The van der Waals surface area contributed by atoms with Crippen molar-refractivity contribution in [1.82, 2.24) is 5.32 Å². The third-order valence-electron chi connectivity index (χ3n) is 5.08. The first-order chi connectivity index (χ1) is 12.7. The minimum Gasteiger partial charge on any atom is -0.497 e. The van der Waals surface area contributed by atoms with Crippen LogP contribution in [0.25, 0.3) is 0 Å². The first kappa shape index (κ1) is 18.7. The molecule has 1 amide bonds. The van der Waals surface area contributed by atoms with Gasteiger partial charge in [-0.05, 0) is 36.9 Å². The average molecular weight is 375 g/mol.